The van der Waals surface area contributed by atoms with Gasteiger partial charge in [-0.05, 0) is 57.8 Å². The highest BCUT2D eigenvalue weighted by atomic mass is 16.6. The van der Waals surface area contributed by atoms with Gasteiger partial charge in [-0.15, -0.1) is 0 Å². The molecule has 0 aliphatic carbocycles. The van der Waals surface area contributed by atoms with Crippen molar-refractivity contribution in [1.29, 1.82) is 0 Å². The Morgan fingerprint density at radius 3 is 1.27 bits per heavy atom. The fourth-order valence-electron chi connectivity index (χ4n) is 5.66. The highest BCUT2D eigenvalue weighted by Crippen LogP contribution is 2.14. The maximum Gasteiger partial charge on any atom is 0.310 e. The summed E-state index contributed by atoms with van der Waals surface area (Å²) in [5.41, 5.74) is 0. The summed E-state index contributed by atoms with van der Waals surface area (Å²) >= 11 is 0. The van der Waals surface area contributed by atoms with E-state index in [1.165, 1.54) is 83.5 Å². The predicted octanol–water partition coefficient (Wildman–Crippen LogP) is 13.4. The second-order valence-electron chi connectivity index (χ2n) is 13.9. The summed E-state index contributed by atoms with van der Waals surface area (Å²) in [6.45, 7) is 6.25. The fraction of sp³-hybridized carbons (Fsp3) is 0.717. The largest absolute Gasteiger partial charge is 0.462 e. The smallest absolute Gasteiger partial charge is 0.310 e. The minimum atomic E-state index is -0.830. The van der Waals surface area contributed by atoms with Gasteiger partial charge < -0.3 is 14.2 Å². The van der Waals surface area contributed by atoms with Crippen LogP contribution < -0.4 is 0 Å². The molecule has 0 heterocycles. The van der Waals surface area contributed by atoms with Crippen LogP contribution in [0.3, 0.4) is 0 Å². The quantitative estimate of drug-likeness (QED) is 0.0274. The van der Waals surface area contributed by atoms with Gasteiger partial charge in [0.2, 0.25) is 0 Å². The van der Waals surface area contributed by atoms with E-state index >= 15 is 0 Å². The van der Waals surface area contributed by atoms with Gasteiger partial charge in [-0.3, -0.25) is 14.4 Å². The van der Waals surface area contributed by atoms with Crippen LogP contribution in [-0.2, 0) is 28.6 Å². The first-order chi connectivity index (χ1) is 25.5. The number of rotatable bonds is 37. The van der Waals surface area contributed by atoms with Crippen LogP contribution in [0.4, 0.5) is 0 Å². The third-order valence-electron chi connectivity index (χ3n) is 8.80. The summed E-state index contributed by atoms with van der Waals surface area (Å²) in [6.07, 6.45) is 48.3. The Morgan fingerprint density at radius 1 is 0.423 bits per heavy atom. The average molecular weight is 727 g/mol. The minimum Gasteiger partial charge on any atom is -0.462 e. The van der Waals surface area contributed by atoms with Crippen LogP contribution in [0.25, 0.3) is 0 Å². The minimum absolute atomic E-state index is 0.100. The normalized spacial score (nSPS) is 12.6. The summed E-state index contributed by atoms with van der Waals surface area (Å²) in [5, 5.41) is 0. The molecule has 0 amide bonds. The molecule has 0 aliphatic rings. The van der Waals surface area contributed by atoms with Gasteiger partial charge in [-0.25, -0.2) is 0 Å². The molecular formula is C46H78O6. The Morgan fingerprint density at radius 2 is 0.808 bits per heavy atom. The van der Waals surface area contributed by atoms with Crippen molar-refractivity contribution in [1.82, 2.24) is 0 Å². The lowest BCUT2D eigenvalue weighted by molar-refractivity contribution is -0.166. The zero-order chi connectivity index (χ0) is 38.0. The van der Waals surface area contributed by atoms with Crippen molar-refractivity contribution in [3.05, 3.63) is 60.8 Å². The first kappa shape index (κ1) is 49.1. The van der Waals surface area contributed by atoms with Crippen molar-refractivity contribution in [3.8, 4) is 0 Å². The topological polar surface area (TPSA) is 78.9 Å². The van der Waals surface area contributed by atoms with E-state index in [2.05, 4.69) is 69.4 Å². The Kier molecular flexibility index (Phi) is 38.6. The lowest BCUT2D eigenvalue weighted by atomic mass is 10.0. The SMILES string of the molecule is CC/C=C\C/C=C\C/C=C\CC(=O)OC(COC(=O)CCCC/C=C\C/C=C\CC)COC(=O)CCCCCCCCCCCCCCCCCC. The zero-order valence-electron chi connectivity index (χ0n) is 33.8. The monoisotopic (exact) mass is 727 g/mol. The number of allylic oxidation sites excluding steroid dienone is 9. The van der Waals surface area contributed by atoms with E-state index in [-0.39, 0.29) is 31.6 Å². The van der Waals surface area contributed by atoms with Gasteiger partial charge in [0.25, 0.3) is 0 Å². The van der Waals surface area contributed by atoms with Crippen molar-refractivity contribution < 1.29 is 28.6 Å². The van der Waals surface area contributed by atoms with Crippen LogP contribution in [-0.4, -0.2) is 37.2 Å². The number of hydrogen-bond donors (Lipinski definition) is 0. The van der Waals surface area contributed by atoms with Gasteiger partial charge in [0.15, 0.2) is 6.10 Å². The van der Waals surface area contributed by atoms with E-state index < -0.39 is 12.1 Å². The molecule has 52 heavy (non-hydrogen) atoms. The number of esters is 3. The molecule has 298 valence electrons. The third-order valence-corrected chi connectivity index (χ3v) is 8.80. The molecule has 0 saturated carbocycles. The van der Waals surface area contributed by atoms with Crippen LogP contribution in [0.15, 0.2) is 60.8 Å². The maximum absolute atomic E-state index is 12.6. The number of hydrogen-bond acceptors (Lipinski definition) is 6. The Hall–Kier alpha value is -2.89. The van der Waals surface area contributed by atoms with Gasteiger partial charge in [-0.2, -0.15) is 0 Å². The zero-order valence-corrected chi connectivity index (χ0v) is 33.8. The lowest BCUT2D eigenvalue weighted by Gasteiger charge is -2.18. The van der Waals surface area contributed by atoms with Crippen LogP contribution in [0, 0.1) is 0 Å². The lowest BCUT2D eigenvalue weighted by Crippen LogP contribution is -2.30. The Labute approximate surface area is 320 Å². The molecule has 0 aromatic rings. The molecule has 0 aliphatic heterocycles. The van der Waals surface area contributed by atoms with Crippen LogP contribution in [0.2, 0.25) is 0 Å². The molecule has 6 heteroatoms. The molecule has 1 unspecified atom stereocenters. The molecule has 0 bridgehead atoms. The second kappa shape index (κ2) is 40.9. The summed E-state index contributed by atoms with van der Waals surface area (Å²) < 4.78 is 16.5. The Bertz CT molecular complexity index is 975. The highest BCUT2D eigenvalue weighted by molar-refractivity contribution is 5.72. The van der Waals surface area contributed by atoms with E-state index in [1.54, 1.807) is 6.08 Å². The highest BCUT2D eigenvalue weighted by Gasteiger charge is 2.19. The molecule has 1 atom stereocenters. The number of carbonyl (C=O) groups excluding carboxylic acids is 3. The molecule has 6 nitrogen and oxygen atoms in total. The molecule has 0 aromatic heterocycles. The van der Waals surface area contributed by atoms with Gasteiger partial charge in [0, 0.05) is 12.8 Å². The molecule has 0 aromatic carbocycles. The fourth-order valence-corrected chi connectivity index (χ4v) is 5.66. The van der Waals surface area contributed by atoms with E-state index in [4.69, 9.17) is 14.2 Å². The van der Waals surface area contributed by atoms with Crippen molar-refractivity contribution >= 4 is 17.9 Å². The molecular weight excluding hydrogens is 649 g/mol. The first-order valence-electron chi connectivity index (χ1n) is 21.3. The van der Waals surface area contributed by atoms with E-state index in [9.17, 15) is 14.4 Å². The summed E-state index contributed by atoms with van der Waals surface area (Å²) in [7, 11) is 0. The first-order valence-corrected chi connectivity index (χ1v) is 21.3. The predicted molar refractivity (Wildman–Crippen MR) is 219 cm³/mol. The number of unbranched alkanes of at least 4 members (excludes halogenated alkanes) is 17. The van der Waals surface area contributed by atoms with Crippen molar-refractivity contribution in [2.45, 2.75) is 200 Å². The Balaban J connectivity index is 4.37. The third kappa shape index (κ3) is 38.3. The standard InChI is InChI=1S/C46H78O6/c1-4-7-10-13-16-19-20-21-22-23-24-25-28-30-33-36-39-45(48)51-42-43(52-46(49)40-37-34-31-27-18-15-12-9-6-3)41-50-44(47)38-35-32-29-26-17-14-11-8-5-2/h8-9,11-12,17-18,26-27,34,37,43H,4-7,10,13-16,19-25,28-33,35-36,38-42H2,1-3H3/b11-8-,12-9-,26-17-,27-18-,37-34-. The van der Waals surface area contributed by atoms with Crippen molar-refractivity contribution in [2.75, 3.05) is 13.2 Å². The van der Waals surface area contributed by atoms with Crippen LogP contribution in [0.5, 0.6) is 0 Å². The maximum atomic E-state index is 12.6. The molecule has 0 N–H and O–H groups in total. The van der Waals surface area contributed by atoms with Gasteiger partial charge in [0.05, 0.1) is 6.42 Å². The molecule has 0 fully saturated rings. The van der Waals surface area contributed by atoms with E-state index in [0.717, 1.165) is 70.6 Å². The van der Waals surface area contributed by atoms with Crippen LogP contribution in [0.1, 0.15) is 194 Å². The number of carbonyl (C=O) groups is 3. The van der Waals surface area contributed by atoms with Crippen molar-refractivity contribution in [3.63, 3.8) is 0 Å². The van der Waals surface area contributed by atoms with E-state index in [0.29, 0.717) is 12.8 Å². The van der Waals surface area contributed by atoms with Gasteiger partial charge in [-0.1, -0.05) is 178 Å². The molecule has 0 rings (SSSR count). The summed E-state index contributed by atoms with van der Waals surface area (Å²) in [5.74, 6) is -1.09. The van der Waals surface area contributed by atoms with Crippen LogP contribution >= 0.6 is 0 Å². The van der Waals surface area contributed by atoms with E-state index in [1.807, 2.05) is 6.08 Å². The van der Waals surface area contributed by atoms with Gasteiger partial charge in [0.1, 0.15) is 13.2 Å². The summed E-state index contributed by atoms with van der Waals surface area (Å²) in [6, 6.07) is 0. The number of ether oxygens (including phenoxy) is 3. The summed E-state index contributed by atoms with van der Waals surface area (Å²) in [4.78, 5) is 37.4. The average Bonchev–Trinajstić information content (AvgIpc) is 3.14. The molecule has 0 spiro atoms. The second-order valence-corrected chi connectivity index (χ2v) is 13.9. The van der Waals surface area contributed by atoms with Crippen molar-refractivity contribution in [2.24, 2.45) is 0 Å². The molecule has 0 saturated heterocycles. The van der Waals surface area contributed by atoms with Gasteiger partial charge >= 0.3 is 17.9 Å². The molecule has 0 radical (unpaired) electrons.